The second-order valence-electron chi connectivity index (χ2n) is 6.19. The molecule has 0 saturated carbocycles. The van der Waals surface area contributed by atoms with E-state index in [1.54, 1.807) is 12.1 Å². The number of benzene rings is 2. The first kappa shape index (κ1) is 15.6. The molecule has 0 fully saturated rings. The van der Waals surface area contributed by atoms with E-state index in [-0.39, 0.29) is 0 Å². The van der Waals surface area contributed by atoms with Gasteiger partial charge in [0.05, 0.1) is 0 Å². The van der Waals surface area contributed by atoms with Crippen molar-refractivity contribution in [2.24, 2.45) is 0 Å². The molecule has 0 aliphatic heterocycles. The van der Waals surface area contributed by atoms with Crippen molar-refractivity contribution in [3.63, 3.8) is 0 Å². The predicted molar refractivity (Wildman–Crippen MR) is 91.0 cm³/mol. The standard InChI is InChI=1S/C18H20GeO2/c1-13(14-8-10-15(11-9-14)18(20)21)16-6-5-7-17(12-16)19(2,3)4/h5-12H,1H2,2-4H3,(H,20,21). The Bertz CT molecular complexity index is 679. The molecule has 0 atom stereocenters. The van der Waals surface area contributed by atoms with Crippen LogP contribution in [0.15, 0.2) is 55.1 Å². The van der Waals surface area contributed by atoms with Crippen molar-refractivity contribution in [3.05, 3.63) is 71.8 Å². The van der Waals surface area contributed by atoms with Gasteiger partial charge < -0.3 is 0 Å². The summed E-state index contributed by atoms with van der Waals surface area (Å²) < 4.78 is 1.44. The predicted octanol–water partition coefficient (Wildman–Crippen LogP) is 3.99. The van der Waals surface area contributed by atoms with Crippen LogP contribution in [0.2, 0.25) is 17.3 Å². The molecule has 0 heterocycles. The molecule has 2 aromatic carbocycles. The van der Waals surface area contributed by atoms with Crippen LogP contribution in [0, 0.1) is 0 Å². The molecule has 2 nitrogen and oxygen atoms in total. The van der Waals surface area contributed by atoms with Crippen LogP contribution in [-0.4, -0.2) is 24.3 Å². The van der Waals surface area contributed by atoms with Crippen molar-refractivity contribution >= 4 is 29.2 Å². The van der Waals surface area contributed by atoms with E-state index in [0.717, 1.165) is 16.7 Å². The van der Waals surface area contributed by atoms with Crippen LogP contribution in [0.25, 0.3) is 5.57 Å². The molecule has 0 bridgehead atoms. The van der Waals surface area contributed by atoms with Crippen LogP contribution in [-0.2, 0) is 0 Å². The summed E-state index contributed by atoms with van der Waals surface area (Å²) in [7, 11) is 0. The zero-order valence-corrected chi connectivity index (χ0v) is 14.8. The molecule has 0 saturated heterocycles. The molecule has 0 spiro atoms. The SMILES string of the molecule is C=C(c1ccc(C(=O)O)cc1)c1ccc[c]([Ge]([CH3])([CH3])[CH3])c1. The van der Waals surface area contributed by atoms with Crippen LogP contribution in [0.4, 0.5) is 0 Å². The van der Waals surface area contributed by atoms with Crippen molar-refractivity contribution in [1.29, 1.82) is 0 Å². The Balaban J connectivity index is 2.34. The van der Waals surface area contributed by atoms with Gasteiger partial charge in [0.25, 0.3) is 0 Å². The fourth-order valence-electron chi connectivity index (χ4n) is 2.15. The maximum atomic E-state index is 10.9. The Morgan fingerprint density at radius 2 is 1.52 bits per heavy atom. The Labute approximate surface area is 128 Å². The summed E-state index contributed by atoms with van der Waals surface area (Å²) in [6, 6.07) is 15.4. The van der Waals surface area contributed by atoms with Gasteiger partial charge in [0.15, 0.2) is 0 Å². The number of hydrogen-bond acceptors (Lipinski definition) is 1. The van der Waals surface area contributed by atoms with Gasteiger partial charge in [-0.05, 0) is 0 Å². The normalized spacial score (nSPS) is 11.2. The quantitative estimate of drug-likeness (QED) is 0.854. The third-order valence-electron chi connectivity index (χ3n) is 3.56. The number of carboxylic acids is 1. The third-order valence-corrected chi connectivity index (χ3v) is 7.84. The fourth-order valence-corrected chi connectivity index (χ4v) is 4.64. The average Bonchev–Trinajstić information content (AvgIpc) is 2.46. The van der Waals surface area contributed by atoms with Crippen LogP contribution >= 0.6 is 0 Å². The van der Waals surface area contributed by atoms with Gasteiger partial charge in [-0.3, -0.25) is 0 Å². The van der Waals surface area contributed by atoms with Gasteiger partial charge in [0.1, 0.15) is 0 Å². The zero-order chi connectivity index (χ0) is 15.6. The average molecular weight is 341 g/mol. The molecule has 1 N–H and O–H groups in total. The first-order valence-corrected chi connectivity index (χ1v) is 14.3. The number of carbonyl (C=O) groups is 1. The Morgan fingerprint density at radius 3 is 2.05 bits per heavy atom. The van der Waals surface area contributed by atoms with E-state index in [0.29, 0.717) is 5.56 Å². The van der Waals surface area contributed by atoms with E-state index in [4.69, 9.17) is 5.11 Å². The van der Waals surface area contributed by atoms with Gasteiger partial charge >= 0.3 is 128 Å². The molecule has 108 valence electrons. The summed E-state index contributed by atoms with van der Waals surface area (Å²) >= 11 is -1.86. The minimum absolute atomic E-state index is 0.296. The topological polar surface area (TPSA) is 37.3 Å². The molecule has 21 heavy (non-hydrogen) atoms. The number of carboxylic acid groups (broad SMARTS) is 1. The molecule has 2 aromatic rings. The second kappa shape index (κ2) is 5.90. The van der Waals surface area contributed by atoms with Gasteiger partial charge in [0, 0.05) is 0 Å². The Morgan fingerprint density at radius 1 is 0.952 bits per heavy atom. The van der Waals surface area contributed by atoms with E-state index >= 15 is 0 Å². The van der Waals surface area contributed by atoms with Gasteiger partial charge in [0.2, 0.25) is 0 Å². The number of hydrogen-bond donors (Lipinski definition) is 1. The molecule has 0 unspecified atom stereocenters. The molecule has 0 radical (unpaired) electrons. The number of aromatic carboxylic acids is 1. The Kier molecular flexibility index (Phi) is 4.38. The van der Waals surface area contributed by atoms with Crippen LogP contribution < -0.4 is 4.40 Å². The molecule has 0 aliphatic carbocycles. The molecular formula is C18H20GeO2. The molecule has 0 aromatic heterocycles. The molecule has 0 aliphatic rings. The summed E-state index contributed by atoms with van der Waals surface area (Å²) in [6.07, 6.45) is 0. The van der Waals surface area contributed by atoms with E-state index in [1.807, 2.05) is 12.1 Å². The van der Waals surface area contributed by atoms with Crippen molar-refractivity contribution in [3.8, 4) is 0 Å². The second-order valence-corrected chi connectivity index (χ2v) is 16.8. The van der Waals surface area contributed by atoms with Crippen LogP contribution in [0.5, 0.6) is 0 Å². The van der Waals surface area contributed by atoms with E-state index < -0.39 is 19.2 Å². The van der Waals surface area contributed by atoms with Crippen molar-refractivity contribution in [2.75, 3.05) is 0 Å². The monoisotopic (exact) mass is 342 g/mol. The molecule has 2 rings (SSSR count). The minimum atomic E-state index is -1.86. The summed E-state index contributed by atoms with van der Waals surface area (Å²) in [5.74, 6) is 6.19. The summed E-state index contributed by atoms with van der Waals surface area (Å²) in [5, 5.41) is 8.94. The van der Waals surface area contributed by atoms with Gasteiger partial charge in [-0.15, -0.1) is 0 Å². The summed E-state index contributed by atoms with van der Waals surface area (Å²) in [6.45, 7) is 4.17. The van der Waals surface area contributed by atoms with E-state index in [1.165, 1.54) is 4.40 Å². The van der Waals surface area contributed by atoms with E-state index in [9.17, 15) is 4.79 Å². The van der Waals surface area contributed by atoms with Crippen LogP contribution in [0.1, 0.15) is 21.5 Å². The van der Waals surface area contributed by atoms with Crippen LogP contribution in [0.3, 0.4) is 0 Å². The van der Waals surface area contributed by atoms with Gasteiger partial charge in [-0.1, -0.05) is 0 Å². The van der Waals surface area contributed by atoms with E-state index in [2.05, 4.69) is 48.1 Å². The molecular weight excluding hydrogens is 321 g/mol. The van der Waals surface area contributed by atoms with Crippen molar-refractivity contribution in [1.82, 2.24) is 0 Å². The summed E-state index contributed by atoms with van der Waals surface area (Å²) in [4.78, 5) is 10.9. The molecule has 0 amide bonds. The number of rotatable bonds is 4. The third kappa shape index (κ3) is 3.64. The van der Waals surface area contributed by atoms with Gasteiger partial charge in [-0.2, -0.15) is 0 Å². The van der Waals surface area contributed by atoms with Crippen molar-refractivity contribution in [2.45, 2.75) is 17.3 Å². The first-order chi connectivity index (χ1) is 9.79. The van der Waals surface area contributed by atoms with Gasteiger partial charge in [-0.25, -0.2) is 0 Å². The maximum absolute atomic E-state index is 10.9. The molecule has 3 heteroatoms. The summed E-state index contributed by atoms with van der Waals surface area (Å²) in [5.41, 5.74) is 3.29. The van der Waals surface area contributed by atoms with Crippen molar-refractivity contribution < 1.29 is 9.90 Å². The Hall–Kier alpha value is -1.81. The fraction of sp³-hybridized carbons (Fsp3) is 0.167. The first-order valence-electron chi connectivity index (χ1n) is 6.92. The zero-order valence-electron chi connectivity index (χ0n) is 12.7.